The summed E-state index contributed by atoms with van der Waals surface area (Å²) >= 11 is 2.32. The van der Waals surface area contributed by atoms with E-state index in [0.717, 1.165) is 17.4 Å². The number of aromatic amines is 1. The zero-order valence-electron chi connectivity index (χ0n) is 15.7. The number of nitrogens with zero attached hydrogens (tertiary/aromatic N) is 1. The molecular formula is C17H26IN3O7. The molecule has 0 aromatic carbocycles. The standard InChI is InChI=1S/C17H26IN3O7/c1-3-17(18,4-2)5-10-12(24)13(25)15(28-10)21-8-9(6-19-7-11(22)23)14(26)20-16(21)27/h8,10,12-13,15,19,24-25H,3-7H2,1-2H3,(H,22,23)(H,20,26,27)/t10-,12-,13-,15?/m1/s1. The van der Waals surface area contributed by atoms with E-state index in [4.69, 9.17) is 9.84 Å². The number of aliphatic hydroxyl groups excluding tert-OH is 2. The van der Waals surface area contributed by atoms with Gasteiger partial charge < -0.3 is 25.4 Å². The summed E-state index contributed by atoms with van der Waals surface area (Å²) in [6, 6.07) is 0. The van der Waals surface area contributed by atoms with Crippen LogP contribution in [0.1, 0.15) is 44.9 Å². The van der Waals surface area contributed by atoms with Crippen LogP contribution in [0.15, 0.2) is 15.8 Å². The Morgan fingerprint density at radius 3 is 2.54 bits per heavy atom. The van der Waals surface area contributed by atoms with E-state index in [-0.39, 0.29) is 22.1 Å². The highest BCUT2D eigenvalue weighted by Gasteiger charge is 2.46. The SMILES string of the molecule is CCC(I)(CC)C[C@H]1OC(n2cc(CNCC(=O)O)c(=O)[nH]c2=O)[C@H](O)[C@@H]1O. The van der Waals surface area contributed by atoms with Gasteiger partial charge in [-0.1, -0.05) is 36.4 Å². The second-order valence-electron chi connectivity index (χ2n) is 6.93. The third kappa shape index (κ3) is 5.20. The first-order valence-corrected chi connectivity index (χ1v) is 10.2. The third-order valence-corrected chi connectivity index (χ3v) is 7.04. The molecule has 0 saturated carbocycles. The normalized spacial score (nSPS) is 25.2. The van der Waals surface area contributed by atoms with Crippen molar-refractivity contribution >= 4 is 28.6 Å². The van der Waals surface area contributed by atoms with E-state index in [0.29, 0.717) is 6.42 Å². The van der Waals surface area contributed by atoms with E-state index < -0.39 is 41.8 Å². The Balaban J connectivity index is 2.25. The van der Waals surface area contributed by atoms with Crippen molar-refractivity contribution in [3.63, 3.8) is 0 Å². The second-order valence-corrected chi connectivity index (χ2v) is 9.21. The molecule has 0 aliphatic carbocycles. The highest BCUT2D eigenvalue weighted by Crippen LogP contribution is 2.39. The second kappa shape index (κ2) is 9.48. The molecule has 158 valence electrons. The Morgan fingerprint density at radius 2 is 1.96 bits per heavy atom. The van der Waals surface area contributed by atoms with Gasteiger partial charge in [0.2, 0.25) is 0 Å². The Hall–Kier alpha value is -1.28. The largest absolute Gasteiger partial charge is 0.480 e. The number of carbonyl (C=O) groups is 1. The summed E-state index contributed by atoms with van der Waals surface area (Å²) in [4.78, 5) is 36.9. The zero-order valence-corrected chi connectivity index (χ0v) is 17.9. The lowest BCUT2D eigenvalue weighted by Crippen LogP contribution is -2.39. The number of rotatable bonds is 9. The number of ether oxygens (including phenoxy) is 1. The van der Waals surface area contributed by atoms with Crippen molar-refractivity contribution in [3.05, 3.63) is 32.6 Å². The molecule has 10 nitrogen and oxygen atoms in total. The summed E-state index contributed by atoms with van der Waals surface area (Å²) in [5.74, 6) is -1.08. The van der Waals surface area contributed by atoms with Gasteiger partial charge in [-0.2, -0.15) is 0 Å². The number of aliphatic hydroxyl groups is 2. The molecule has 11 heteroatoms. The quantitative estimate of drug-likeness (QED) is 0.224. The van der Waals surface area contributed by atoms with E-state index in [1.165, 1.54) is 6.20 Å². The van der Waals surface area contributed by atoms with Crippen LogP contribution >= 0.6 is 22.6 Å². The maximum atomic E-state index is 12.2. The van der Waals surface area contributed by atoms with E-state index >= 15 is 0 Å². The number of aromatic nitrogens is 2. The maximum absolute atomic E-state index is 12.2. The van der Waals surface area contributed by atoms with Gasteiger partial charge in [0.15, 0.2) is 6.23 Å². The third-order valence-electron chi connectivity index (χ3n) is 5.08. The zero-order chi connectivity index (χ0) is 21.1. The number of aliphatic carboxylic acids is 1. The molecule has 0 amide bonds. The number of carboxylic acids is 1. The summed E-state index contributed by atoms with van der Waals surface area (Å²) in [6.07, 6.45) is -0.908. The number of nitrogens with one attached hydrogen (secondary N) is 2. The minimum Gasteiger partial charge on any atom is -0.480 e. The number of hydrogen-bond donors (Lipinski definition) is 5. The molecule has 5 N–H and O–H groups in total. The molecule has 28 heavy (non-hydrogen) atoms. The topological polar surface area (TPSA) is 154 Å². The van der Waals surface area contributed by atoms with E-state index in [9.17, 15) is 24.6 Å². The molecular weight excluding hydrogens is 485 g/mol. The van der Waals surface area contributed by atoms with Gasteiger partial charge in [-0.05, 0) is 19.3 Å². The van der Waals surface area contributed by atoms with Crippen LogP contribution in [0.4, 0.5) is 0 Å². The van der Waals surface area contributed by atoms with Gasteiger partial charge in [0.1, 0.15) is 12.2 Å². The van der Waals surface area contributed by atoms with Crippen molar-refractivity contribution in [3.8, 4) is 0 Å². The Kier molecular flexibility index (Phi) is 7.79. The average Bonchev–Trinajstić information content (AvgIpc) is 2.91. The monoisotopic (exact) mass is 511 g/mol. The van der Waals surface area contributed by atoms with Gasteiger partial charge in [-0.25, -0.2) is 4.79 Å². The lowest BCUT2D eigenvalue weighted by molar-refractivity contribution is -0.136. The minimum atomic E-state index is -1.34. The van der Waals surface area contributed by atoms with Crippen LogP contribution in [0.2, 0.25) is 0 Å². The highest BCUT2D eigenvalue weighted by molar-refractivity contribution is 14.1. The molecule has 0 bridgehead atoms. The Morgan fingerprint density at radius 1 is 1.32 bits per heavy atom. The summed E-state index contributed by atoms with van der Waals surface area (Å²) in [6.45, 7) is 3.63. The molecule has 2 rings (SSSR count). The van der Waals surface area contributed by atoms with E-state index in [2.05, 4.69) is 32.9 Å². The van der Waals surface area contributed by atoms with Gasteiger partial charge >= 0.3 is 11.7 Å². The van der Waals surface area contributed by atoms with Crippen LogP contribution in [0.25, 0.3) is 0 Å². The lowest BCUT2D eigenvalue weighted by Gasteiger charge is -2.28. The van der Waals surface area contributed by atoms with Crippen molar-refractivity contribution < 1.29 is 24.9 Å². The number of hydrogen-bond acceptors (Lipinski definition) is 7. The van der Waals surface area contributed by atoms with Crippen LogP contribution in [0, 0.1) is 0 Å². The molecule has 1 aliphatic heterocycles. The molecule has 1 unspecified atom stereocenters. The van der Waals surface area contributed by atoms with Gasteiger partial charge in [0.25, 0.3) is 5.56 Å². The number of carboxylic acid groups (broad SMARTS) is 1. The molecule has 4 atom stereocenters. The molecule has 2 heterocycles. The predicted octanol–water partition coefficient (Wildman–Crippen LogP) is -0.286. The smallest absolute Gasteiger partial charge is 0.330 e. The van der Waals surface area contributed by atoms with Crippen molar-refractivity contribution in [2.45, 2.75) is 67.6 Å². The van der Waals surface area contributed by atoms with E-state index in [1.807, 2.05) is 13.8 Å². The van der Waals surface area contributed by atoms with Crippen LogP contribution in [0.5, 0.6) is 0 Å². The first-order valence-electron chi connectivity index (χ1n) is 9.09. The Labute approximate surface area is 175 Å². The highest BCUT2D eigenvalue weighted by atomic mass is 127. The van der Waals surface area contributed by atoms with Gasteiger partial charge in [0.05, 0.1) is 12.6 Å². The van der Waals surface area contributed by atoms with Crippen LogP contribution in [-0.2, 0) is 16.1 Å². The van der Waals surface area contributed by atoms with Crippen LogP contribution in [-0.4, -0.2) is 59.1 Å². The number of H-pyrrole nitrogens is 1. The molecule has 1 saturated heterocycles. The minimum absolute atomic E-state index is 0.0841. The molecule has 1 aromatic rings. The summed E-state index contributed by atoms with van der Waals surface area (Å²) in [5.41, 5.74) is -1.33. The first-order chi connectivity index (χ1) is 13.1. The number of alkyl halides is 1. The predicted molar refractivity (Wildman–Crippen MR) is 109 cm³/mol. The first kappa shape index (κ1) is 23.0. The average molecular weight is 511 g/mol. The fraction of sp³-hybridized carbons (Fsp3) is 0.706. The van der Waals surface area contributed by atoms with Crippen LogP contribution in [0.3, 0.4) is 0 Å². The van der Waals surface area contributed by atoms with Crippen molar-refractivity contribution in [1.82, 2.24) is 14.9 Å². The summed E-state index contributed by atoms with van der Waals surface area (Å²) in [7, 11) is 0. The van der Waals surface area contributed by atoms with Crippen molar-refractivity contribution in [2.24, 2.45) is 0 Å². The fourth-order valence-electron chi connectivity index (χ4n) is 3.17. The van der Waals surface area contributed by atoms with Crippen LogP contribution < -0.4 is 16.6 Å². The van der Waals surface area contributed by atoms with Gasteiger partial charge in [-0.15, -0.1) is 0 Å². The molecule has 1 aromatic heterocycles. The maximum Gasteiger partial charge on any atom is 0.330 e. The molecule has 0 radical (unpaired) electrons. The molecule has 1 aliphatic rings. The van der Waals surface area contributed by atoms with E-state index in [1.54, 1.807) is 0 Å². The van der Waals surface area contributed by atoms with Gasteiger partial charge in [-0.3, -0.25) is 19.1 Å². The molecule has 1 fully saturated rings. The van der Waals surface area contributed by atoms with Gasteiger partial charge in [0, 0.05) is 21.7 Å². The molecule has 0 spiro atoms. The van der Waals surface area contributed by atoms with Crippen molar-refractivity contribution in [1.29, 1.82) is 0 Å². The summed E-state index contributed by atoms with van der Waals surface area (Å²) in [5, 5.41) is 32.1. The summed E-state index contributed by atoms with van der Waals surface area (Å²) < 4.78 is 6.73. The Bertz CT molecular complexity index is 805. The van der Waals surface area contributed by atoms with Crippen molar-refractivity contribution in [2.75, 3.05) is 6.54 Å². The lowest BCUT2D eigenvalue weighted by atomic mass is 9.93. The number of halogens is 1. The fourth-order valence-corrected chi connectivity index (χ4v) is 3.61.